The molecule has 2 rings (SSSR count). The van der Waals surface area contributed by atoms with Gasteiger partial charge in [-0.15, -0.1) is 5.10 Å². The standard InChI is InChI=1S/C13H16ClN5OS/c1-8-16-13(19-18-8)21-6-2-3-12(20)17-11-5-4-9(14)7-10(11)15/h4-5,7H,2-3,6,15H2,1H3,(H,17,20)(H,16,18,19). The number of aromatic nitrogens is 3. The lowest BCUT2D eigenvalue weighted by Gasteiger charge is -2.08. The highest BCUT2D eigenvalue weighted by Crippen LogP contribution is 2.23. The molecular weight excluding hydrogens is 310 g/mol. The summed E-state index contributed by atoms with van der Waals surface area (Å²) in [5, 5.41) is 10.8. The van der Waals surface area contributed by atoms with E-state index in [1.165, 1.54) is 11.8 Å². The number of nitrogens with zero attached hydrogens (tertiary/aromatic N) is 2. The molecule has 0 fully saturated rings. The number of nitrogens with two attached hydrogens (primary N) is 1. The number of carbonyl (C=O) groups is 1. The maximum Gasteiger partial charge on any atom is 0.224 e. The number of aryl methyl sites for hydroxylation is 1. The van der Waals surface area contributed by atoms with Crippen molar-refractivity contribution in [2.75, 3.05) is 16.8 Å². The number of nitrogen functional groups attached to an aromatic ring is 1. The fourth-order valence-electron chi connectivity index (χ4n) is 1.64. The monoisotopic (exact) mass is 325 g/mol. The molecule has 0 aliphatic carbocycles. The molecule has 2 aromatic rings. The first-order valence-electron chi connectivity index (χ1n) is 6.41. The molecule has 0 atom stereocenters. The molecule has 0 saturated heterocycles. The maximum atomic E-state index is 11.8. The third kappa shape index (κ3) is 4.95. The molecule has 0 saturated carbocycles. The zero-order valence-corrected chi connectivity index (χ0v) is 13.1. The minimum atomic E-state index is -0.0733. The Morgan fingerprint density at radius 2 is 2.33 bits per heavy atom. The van der Waals surface area contributed by atoms with Gasteiger partial charge in [0, 0.05) is 17.2 Å². The molecule has 21 heavy (non-hydrogen) atoms. The Hall–Kier alpha value is -1.73. The second-order valence-electron chi connectivity index (χ2n) is 4.44. The van der Waals surface area contributed by atoms with E-state index in [-0.39, 0.29) is 5.91 Å². The first kappa shape index (κ1) is 15.7. The molecule has 1 aromatic carbocycles. The molecule has 0 radical (unpaired) electrons. The second kappa shape index (κ2) is 7.33. The lowest BCUT2D eigenvalue weighted by Crippen LogP contribution is -2.12. The first-order valence-corrected chi connectivity index (χ1v) is 7.77. The van der Waals surface area contributed by atoms with Crippen LogP contribution in [0, 0.1) is 6.92 Å². The van der Waals surface area contributed by atoms with Gasteiger partial charge in [-0.1, -0.05) is 23.4 Å². The molecule has 8 heteroatoms. The van der Waals surface area contributed by atoms with Crippen molar-refractivity contribution < 1.29 is 4.79 Å². The highest BCUT2D eigenvalue weighted by Gasteiger charge is 2.06. The van der Waals surface area contributed by atoms with Crippen molar-refractivity contribution in [3.8, 4) is 0 Å². The molecule has 0 unspecified atom stereocenters. The topological polar surface area (TPSA) is 96.7 Å². The molecular formula is C13H16ClN5OS. The number of thioether (sulfide) groups is 1. The minimum Gasteiger partial charge on any atom is -0.397 e. The molecule has 1 amide bonds. The number of H-pyrrole nitrogens is 1. The number of benzene rings is 1. The van der Waals surface area contributed by atoms with E-state index in [4.69, 9.17) is 17.3 Å². The number of anilines is 2. The van der Waals surface area contributed by atoms with Gasteiger partial charge in [-0.05, 0) is 31.5 Å². The molecule has 6 nitrogen and oxygen atoms in total. The van der Waals surface area contributed by atoms with Gasteiger partial charge >= 0.3 is 0 Å². The van der Waals surface area contributed by atoms with Gasteiger partial charge < -0.3 is 11.1 Å². The van der Waals surface area contributed by atoms with Gasteiger partial charge in [0.2, 0.25) is 11.1 Å². The molecule has 0 aliphatic heterocycles. The maximum absolute atomic E-state index is 11.8. The van der Waals surface area contributed by atoms with Crippen molar-refractivity contribution in [1.29, 1.82) is 0 Å². The lowest BCUT2D eigenvalue weighted by molar-refractivity contribution is -0.116. The summed E-state index contributed by atoms with van der Waals surface area (Å²) < 4.78 is 0. The Balaban J connectivity index is 1.72. The lowest BCUT2D eigenvalue weighted by atomic mass is 10.2. The summed E-state index contributed by atoms with van der Waals surface area (Å²) in [5.74, 6) is 1.49. The highest BCUT2D eigenvalue weighted by molar-refractivity contribution is 7.99. The average molecular weight is 326 g/mol. The Morgan fingerprint density at radius 3 is 3.00 bits per heavy atom. The predicted octanol–water partition coefficient (Wildman–Crippen LogP) is 2.86. The summed E-state index contributed by atoms with van der Waals surface area (Å²) >= 11 is 7.33. The first-order chi connectivity index (χ1) is 10.0. The van der Waals surface area contributed by atoms with E-state index in [1.54, 1.807) is 18.2 Å². The van der Waals surface area contributed by atoms with E-state index >= 15 is 0 Å². The molecule has 1 heterocycles. The van der Waals surface area contributed by atoms with Crippen molar-refractivity contribution in [3.05, 3.63) is 29.0 Å². The Labute approximate surface area is 131 Å². The summed E-state index contributed by atoms with van der Waals surface area (Å²) in [6.07, 6.45) is 1.15. The van der Waals surface area contributed by atoms with Gasteiger partial charge in [-0.3, -0.25) is 9.89 Å². The molecule has 112 valence electrons. The van der Waals surface area contributed by atoms with Crippen LogP contribution < -0.4 is 11.1 Å². The van der Waals surface area contributed by atoms with Crippen LogP contribution in [0.3, 0.4) is 0 Å². The van der Waals surface area contributed by atoms with Gasteiger partial charge in [-0.2, -0.15) is 0 Å². The number of carbonyl (C=O) groups excluding carboxylic acids is 1. The highest BCUT2D eigenvalue weighted by atomic mass is 35.5. The smallest absolute Gasteiger partial charge is 0.224 e. The summed E-state index contributed by atoms with van der Waals surface area (Å²) in [5.41, 5.74) is 6.82. The number of rotatable bonds is 6. The van der Waals surface area contributed by atoms with E-state index < -0.39 is 0 Å². The summed E-state index contributed by atoms with van der Waals surface area (Å²) in [7, 11) is 0. The van der Waals surface area contributed by atoms with Gasteiger partial charge in [-0.25, -0.2) is 4.98 Å². The van der Waals surface area contributed by atoms with E-state index in [2.05, 4.69) is 20.5 Å². The molecule has 0 spiro atoms. The van der Waals surface area contributed by atoms with Crippen LogP contribution in [-0.2, 0) is 4.79 Å². The van der Waals surface area contributed by atoms with Crippen molar-refractivity contribution in [2.45, 2.75) is 24.9 Å². The van der Waals surface area contributed by atoms with Crippen LogP contribution in [0.1, 0.15) is 18.7 Å². The molecule has 1 aromatic heterocycles. The molecule has 0 aliphatic rings. The molecule has 0 bridgehead atoms. The van der Waals surface area contributed by atoms with Crippen LogP contribution in [-0.4, -0.2) is 26.8 Å². The van der Waals surface area contributed by atoms with Crippen LogP contribution in [0.15, 0.2) is 23.4 Å². The van der Waals surface area contributed by atoms with Crippen LogP contribution in [0.4, 0.5) is 11.4 Å². The quantitative estimate of drug-likeness (QED) is 0.431. The SMILES string of the molecule is Cc1nc(SCCCC(=O)Nc2ccc(Cl)cc2N)n[nH]1. The number of amides is 1. The van der Waals surface area contributed by atoms with Gasteiger partial charge in [0.15, 0.2) is 0 Å². The fourth-order valence-corrected chi connectivity index (χ4v) is 2.61. The Kier molecular flexibility index (Phi) is 5.46. The predicted molar refractivity (Wildman–Crippen MR) is 85.6 cm³/mol. The van der Waals surface area contributed by atoms with Crippen LogP contribution >= 0.6 is 23.4 Å². The van der Waals surface area contributed by atoms with Crippen molar-refractivity contribution >= 4 is 40.6 Å². The van der Waals surface area contributed by atoms with Gasteiger partial charge in [0.05, 0.1) is 11.4 Å². The number of hydrogen-bond donors (Lipinski definition) is 3. The Morgan fingerprint density at radius 1 is 1.52 bits per heavy atom. The second-order valence-corrected chi connectivity index (χ2v) is 5.93. The van der Waals surface area contributed by atoms with Gasteiger partial charge in [0.1, 0.15) is 5.82 Å². The fraction of sp³-hybridized carbons (Fsp3) is 0.308. The minimum absolute atomic E-state index is 0.0733. The van der Waals surface area contributed by atoms with Crippen molar-refractivity contribution in [3.63, 3.8) is 0 Å². The van der Waals surface area contributed by atoms with Crippen LogP contribution in [0.5, 0.6) is 0 Å². The normalized spacial score (nSPS) is 10.6. The summed E-state index contributed by atoms with van der Waals surface area (Å²) in [4.78, 5) is 16.0. The van der Waals surface area contributed by atoms with E-state index in [0.29, 0.717) is 28.0 Å². The largest absolute Gasteiger partial charge is 0.397 e. The third-order valence-corrected chi connectivity index (χ3v) is 3.81. The Bertz CT molecular complexity index is 631. The summed E-state index contributed by atoms with van der Waals surface area (Å²) in [6.45, 7) is 1.85. The number of halogens is 1. The zero-order valence-electron chi connectivity index (χ0n) is 11.5. The van der Waals surface area contributed by atoms with Crippen molar-refractivity contribution in [1.82, 2.24) is 15.2 Å². The molecule has 4 N–H and O–H groups in total. The van der Waals surface area contributed by atoms with Crippen LogP contribution in [0.2, 0.25) is 5.02 Å². The zero-order chi connectivity index (χ0) is 15.2. The van der Waals surface area contributed by atoms with Gasteiger partial charge in [0.25, 0.3) is 0 Å². The number of aromatic amines is 1. The van der Waals surface area contributed by atoms with E-state index in [0.717, 1.165) is 18.0 Å². The summed E-state index contributed by atoms with van der Waals surface area (Å²) in [6, 6.07) is 4.99. The van der Waals surface area contributed by atoms with E-state index in [1.807, 2.05) is 6.92 Å². The van der Waals surface area contributed by atoms with Crippen molar-refractivity contribution in [2.24, 2.45) is 0 Å². The number of hydrogen-bond acceptors (Lipinski definition) is 5. The van der Waals surface area contributed by atoms with E-state index in [9.17, 15) is 4.79 Å². The van der Waals surface area contributed by atoms with Crippen LogP contribution in [0.25, 0.3) is 0 Å². The average Bonchev–Trinajstić information content (AvgIpc) is 2.84. The number of nitrogens with one attached hydrogen (secondary N) is 2. The third-order valence-electron chi connectivity index (χ3n) is 2.64.